The van der Waals surface area contributed by atoms with Gasteiger partial charge in [0, 0.05) is 18.8 Å². The Morgan fingerprint density at radius 2 is 1.26 bits per heavy atom. The molecule has 1 N–H and O–H groups in total. The highest BCUT2D eigenvalue weighted by molar-refractivity contribution is 5.81. The number of hydrogen-bond donors (Lipinski definition) is 1. The summed E-state index contributed by atoms with van der Waals surface area (Å²) >= 11 is 0. The molecule has 4 atom stereocenters. The van der Waals surface area contributed by atoms with Gasteiger partial charge >= 0.3 is 0 Å². The van der Waals surface area contributed by atoms with Gasteiger partial charge in [0.25, 0.3) is 0 Å². The third-order valence-corrected chi connectivity index (χ3v) is 7.18. The number of carbonyl (C=O) groups excluding carboxylic acids is 1. The van der Waals surface area contributed by atoms with Gasteiger partial charge in [0.1, 0.15) is 11.4 Å². The number of fused-ring (bicyclic) bond motifs is 1. The highest BCUT2D eigenvalue weighted by Gasteiger charge is 2.49. The van der Waals surface area contributed by atoms with Crippen molar-refractivity contribution >= 4 is 5.78 Å². The van der Waals surface area contributed by atoms with Crippen LogP contribution in [0.1, 0.15) is 36.0 Å². The summed E-state index contributed by atoms with van der Waals surface area (Å²) in [6, 6.07) is 30.9. The van der Waals surface area contributed by atoms with E-state index in [-0.39, 0.29) is 11.8 Å². The summed E-state index contributed by atoms with van der Waals surface area (Å²) < 4.78 is 6.91. The topological polar surface area (TPSA) is 46.5 Å². The van der Waals surface area contributed by atoms with E-state index >= 15 is 0 Å². The van der Waals surface area contributed by atoms with E-state index in [1.54, 1.807) is 0 Å². The van der Waals surface area contributed by atoms with Gasteiger partial charge in [-0.25, -0.2) is 0 Å². The largest absolute Gasteiger partial charge is 0.393 e. The first-order chi connectivity index (χ1) is 15.2. The summed E-state index contributed by atoms with van der Waals surface area (Å²) in [4.78, 5) is 12.1. The first-order valence-electron chi connectivity index (χ1n) is 11.2. The number of aliphatic hydroxyl groups excluding tert-OH is 1. The van der Waals surface area contributed by atoms with Crippen molar-refractivity contribution in [1.29, 1.82) is 0 Å². The summed E-state index contributed by atoms with van der Waals surface area (Å²) in [6.07, 6.45) is 1.48. The zero-order chi connectivity index (χ0) is 21.3. The van der Waals surface area contributed by atoms with Crippen molar-refractivity contribution in [2.75, 3.05) is 6.61 Å². The van der Waals surface area contributed by atoms with Gasteiger partial charge in [0.05, 0.1) is 12.7 Å². The number of ether oxygens (including phenoxy) is 1. The van der Waals surface area contributed by atoms with Gasteiger partial charge in [-0.3, -0.25) is 4.79 Å². The monoisotopic (exact) mass is 412 g/mol. The van der Waals surface area contributed by atoms with E-state index in [1.165, 1.54) is 0 Å². The minimum absolute atomic E-state index is 0.0213. The zero-order valence-electron chi connectivity index (χ0n) is 17.6. The Labute approximate surface area is 183 Å². The van der Waals surface area contributed by atoms with Gasteiger partial charge in [-0.1, -0.05) is 91.0 Å². The van der Waals surface area contributed by atoms with Crippen LogP contribution in [0.25, 0.3) is 0 Å². The van der Waals surface area contributed by atoms with E-state index in [9.17, 15) is 9.90 Å². The summed E-state index contributed by atoms with van der Waals surface area (Å²) in [5.41, 5.74) is 2.38. The van der Waals surface area contributed by atoms with E-state index in [0.717, 1.165) is 16.7 Å². The Balaban J connectivity index is 1.58. The highest BCUT2D eigenvalue weighted by Crippen LogP contribution is 2.48. The number of benzene rings is 3. The summed E-state index contributed by atoms with van der Waals surface area (Å²) in [5, 5.41) is 10.8. The molecule has 0 spiro atoms. The minimum Gasteiger partial charge on any atom is -0.393 e. The quantitative estimate of drug-likeness (QED) is 0.582. The molecule has 2 fully saturated rings. The second-order valence-corrected chi connectivity index (χ2v) is 8.93. The molecule has 0 saturated heterocycles. The predicted octanol–water partition coefficient (Wildman–Crippen LogP) is 4.97. The Morgan fingerprint density at radius 3 is 1.74 bits per heavy atom. The van der Waals surface area contributed by atoms with E-state index in [2.05, 4.69) is 36.4 Å². The van der Waals surface area contributed by atoms with E-state index < -0.39 is 11.7 Å². The fourth-order valence-corrected chi connectivity index (χ4v) is 5.71. The molecular weight excluding hydrogens is 384 g/mol. The molecule has 31 heavy (non-hydrogen) atoms. The lowest BCUT2D eigenvalue weighted by atomic mass is 9.79. The Kier molecular flexibility index (Phi) is 5.47. The van der Waals surface area contributed by atoms with Crippen LogP contribution in [0.3, 0.4) is 0 Å². The van der Waals surface area contributed by atoms with Crippen LogP contribution >= 0.6 is 0 Å². The molecule has 0 aliphatic heterocycles. The SMILES string of the molecule is O=C1C[C@@H]2C[C@@H](O)[C@H](COC(c3ccccc3)(c3ccccc3)c3ccccc3)[C@@H]2C1. The molecule has 3 aromatic rings. The van der Waals surface area contributed by atoms with Crippen LogP contribution in [-0.4, -0.2) is 23.6 Å². The van der Waals surface area contributed by atoms with Crippen molar-refractivity contribution in [3.8, 4) is 0 Å². The molecule has 2 aliphatic carbocycles. The summed E-state index contributed by atoms with van der Waals surface area (Å²) in [5.74, 6) is 0.831. The van der Waals surface area contributed by atoms with Crippen LogP contribution < -0.4 is 0 Å². The first kappa shape index (κ1) is 20.2. The maximum Gasteiger partial charge on any atom is 0.143 e. The highest BCUT2D eigenvalue weighted by atomic mass is 16.5. The van der Waals surface area contributed by atoms with Crippen LogP contribution in [0.5, 0.6) is 0 Å². The molecule has 0 radical (unpaired) electrons. The molecule has 5 rings (SSSR count). The molecule has 0 unspecified atom stereocenters. The first-order valence-corrected chi connectivity index (χ1v) is 11.2. The molecule has 158 valence electrons. The van der Waals surface area contributed by atoms with Crippen molar-refractivity contribution in [2.45, 2.75) is 31.0 Å². The van der Waals surface area contributed by atoms with E-state index in [0.29, 0.717) is 37.6 Å². The van der Waals surface area contributed by atoms with Gasteiger partial charge in [0.2, 0.25) is 0 Å². The van der Waals surface area contributed by atoms with Gasteiger partial charge < -0.3 is 9.84 Å². The number of aliphatic hydroxyl groups is 1. The lowest BCUT2D eigenvalue weighted by Crippen LogP contribution is -2.37. The maximum atomic E-state index is 12.1. The minimum atomic E-state index is -0.788. The van der Waals surface area contributed by atoms with Gasteiger partial charge in [-0.05, 0) is 34.9 Å². The normalized spacial score (nSPS) is 25.5. The number of ketones is 1. The average molecular weight is 413 g/mol. The van der Waals surface area contributed by atoms with Crippen LogP contribution in [0, 0.1) is 17.8 Å². The van der Waals surface area contributed by atoms with E-state index in [4.69, 9.17) is 4.74 Å². The maximum absolute atomic E-state index is 12.1. The fourth-order valence-electron chi connectivity index (χ4n) is 5.71. The van der Waals surface area contributed by atoms with Gasteiger partial charge in [-0.15, -0.1) is 0 Å². The number of carbonyl (C=O) groups is 1. The van der Waals surface area contributed by atoms with E-state index in [1.807, 2.05) is 54.6 Å². The van der Waals surface area contributed by atoms with Crippen molar-refractivity contribution in [1.82, 2.24) is 0 Å². The molecule has 3 heteroatoms. The average Bonchev–Trinajstić information content (AvgIpc) is 3.31. The Hall–Kier alpha value is -2.75. The second-order valence-electron chi connectivity index (χ2n) is 8.93. The lowest BCUT2D eigenvalue weighted by Gasteiger charge is -2.37. The number of Topliss-reactive ketones (excluding diaryl/α,β-unsaturated/α-hetero) is 1. The molecule has 0 amide bonds. The summed E-state index contributed by atoms with van der Waals surface area (Å²) in [7, 11) is 0. The zero-order valence-corrected chi connectivity index (χ0v) is 17.6. The number of rotatable bonds is 6. The van der Waals surface area contributed by atoms with Crippen LogP contribution in [0.4, 0.5) is 0 Å². The summed E-state index contributed by atoms with van der Waals surface area (Å²) in [6.45, 7) is 0.411. The fraction of sp³-hybridized carbons (Fsp3) is 0.321. The number of hydrogen-bond acceptors (Lipinski definition) is 3. The lowest BCUT2D eigenvalue weighted by molar-refractivity contribution is -0.118. The van der Waals surface area contributed by atoms with Crippen LogP contribution in [0.15, 0.2) is 91.0 Å². The van der Waals surface area contributed by atoms with Crippen molar-refractivity contribution in [3.63, 3.8) is 0 Å². The molecule has 0 aromatic heterocycles. The second kappa shape index (κ2) is 8.41. The standard InChI is InChI=1S/C28H28O3/c29-24-16-20-17-27(30)26(25(20)18-24)19-31-28(21-10-4-1-5-11-21,22-12-6-2-7-13-22)23-14-8-3-9-15-23/h1-15,20,25-27,30H,16-19H2/t20-,25-,26-,27-/m1/s1. The van der Waals surface area contributed by atoms with Gasteiger partial charge in [-0.2, -0.15) is 0 Å². The van der Waals surface area contributed by atoms with Crippen molar-refractivity contribution < 1.29 is 14.6 Å². The molecule has 2 saturated carbocycles. The molecular formula is C28H28O3. The van der Waals surface area contributed by atoms with Crippen molar-refractivity contribution in [3.05, 3.63) is 108 Å². The molecule has 2 aliphatic rings. The smallest absolute Gasteiger partial charge is 0.143 e. The molecule has 3 aromatic carbocycles. The van der Waals surface area contributed by atoms with Crippen LogP contribution in [0.2, 0.25) is 0 Å². The van der Waals surface area contributed by atoms with Crippen LogP contribution in [-0.2, 0) is 15.1 Å². The molecule has 0 bridgehead atoms. The van der Waals surface area contributed by atoms with Gasteiger partial charge in [0.15, 0.2) is 0 Å². The Bertz CT molecular complexity index is 919. The van der Waals surface area contributed by atoms with Crippen molar-refractivity contribution in [2.24, 2.45) is 17.8 Å². The third-order valence-electron chi connectivity index (χ3n) is 7.18. The molecule has 3 nitrogen and oxygen atoms in total. The Morgan fingerprint density at radius 1 is 0.774 bits per heavy atom. The molecule has 0 heterocycles. The third kappa shape index (κ3) is 3.62. The predicted molar refractivity (Wildman–Crippen MR) is 120 cm³/mol.